The van der Waals surface area contributed by atoms with Crippen LogP contribution in [-0.4, -0.2) is 6.54 Å². The minimum atomic E-state index is 0.271. The second-order valence-electron chi connectivity index (χ2n) is 4.59. The summed E-state index contributed by atoms with van der Waals surface area (Å²) in [5, 5.41) is 3.64. The number of rotatable bonds is 5. The number of halogens is 2. The zero-order chi connectivity index (χ0) is 13.8. The second-order valence-corrected chi connectivity index (χ2v) is 8.00. The van der Waals surface area contributed by atoms with Gasteiger partial charge in [0, 0.05) is 9.35 Å². The van der Waals surface area contributed by atoms with E-state index in [0.717, 1.165) is 17.4 Å². The summed E-state index contributed by atoms with van der Waals surface area (Å²) < 4.78 is 2.32. The van der Waals surface area contributed by atoms with Crippen LogP contribution in [0.3, 0.4) is 0 Å². The first-order chi connectivity index (χ1) is 9.10. The molecule has 0 aliphatic rings. The Morgan fingerprint density at radius 1 is 1.21 bits per heavy atom. The largest absolute Gasteiger partial charge is 0.306 e. The smallest absolute Gasteiger partial charge is 0.0702 e. The van der Waals surface area contributed by atoms with Crippen LogP contribution in [0.5, 0.6) is 0 Å². The SMILES string of the molecule is CCCNC(c1cc(C)cc(Br)c1)c1ccc(Br)s1. The van der Waals surface area contributed by atoms with Crippen LogP contribution in [0.2, 0.25) is 0 Å². The van der Waals surface area contributed by atoms with Gasteiger partial charge in [-0.15, -0.1) is 11.3 Å². The molecule has 1 N–H and O–H groups in total. The van der Waals surface area contributed by atoms with Gasteiger partial charge in [-0.2, -0.15) is 0 Å². The fourth-order valence-electron chi connectivity index (χ4n) is 2.09. The predicted octanol–water partition coefficient (Wildman–Crippen LogP) is 5.67. The summed E-state index contributed by atoms with van der Waals surface area (Å²) >= 11 is 8.94. The minimum Gasteiger partial charge on any atom is -0.306 e. The number of hydrogen-bond donors (Lipinski definition) is 1. The van der Waals surface area contributed by atoms with E-state index < -0.39 is 0 Å². The number of nitrogens with one attached hydrogen (secondary N) is 1. The summed E-state index contributed by atoms with van der Waals surface area (Å²) in [5.41, 5.74) is 2.60. The van der Waals surface area contributed by atoms with Gasteiger partial charge < -0.3 is 5.32 Å². The van der Waals surface area contributed by atoms with Crippen LogP contribution >= 0.6 is 43.2 Å². The molecular formula is C15H17Br2NS. The molecular weight excluding hydrogens is 386 g/mol. The van der Waals surface area contributed by atoms with Crippen LogP contribution in [-0.2, 0) is 0 Å². The average molecular weight is 403 g/mol. The third-order valence-electron chi connectivity index (χ3n) is 2.87. The number of hydrogen-bond acceptors (Lipinski definition) is 2. The highest BCUT2D eigenvalue weighted by Gasteiger charge is 2.16. The van der Waals surface area contributed by atoms with E-state index in [0.29, 0.717) is 0 Å². The van der Waals surface area contributed by atoms with E-state index in [1.807, 2.05) is 0 Å². The van der Waals surface area contributed by atoms with E-state index in [4.69, 9.17) is 0 Å². The van der Waals surface area contributed by atoms with Gasteiger partial charge in [0.05, 0.1) is 9.83 Å². The highest BCUT2D eigenvalue weighted by atomic mass is 79.9. The van der Waals surface area contributed by atoms with Crippen molar-refractivity contribution in [3.05, 3.63) is 54.6 Å². The van der Waals surface area contributed by atoms with E-state index in [-0.39, 0.29) is 6.04 Å². The van der Waals surface area contributed by atoms with Gasteiger partial charge in [-0.3, -0.25) is 0 Å². The summed E-state index contributed by atoms with van der Waals surface area (Å²) in [6.45, 7) is 5.35. The summed E-state index contributed by atoms with van der Waals surface area (Å²) in [6.07, 6.45) is 1.13. The zero-order valence-electron chi connectivity index (χ0n) is 11.0. The fraction of sp³-hybridized carbons (Fsp3) is 0.333. The Kier molecular flexibility index (Phi) is 5.63. The molecule has 0 bridgehead atoms. The molecule has 0 saturated heterocycles. The molecule has 0 radical (unpaired) electrons. The first kappa shape index (κ1) is 15.2. The predicted molar refractivity (Wildman–Crippen MR) is 91.0 cm³/mol. The van der Waals surface area contributed by atoms with Crippen molar-refractivity contribution in [3.8, 4) is 0 Å². The number of thiophene rings is 1. The summed E-state index contributed by atoms with van der Waals surface area (Å²) in [7, 11) is 0. The third-order valence-corrected chi connectivity index (χ3v) is 5.02. The molecule has 0 saturated carbocycles. The van der Waals surface area contributed by atoms with Crippen molar-refractivity contribution in [2.45, 2.75) is 26.3 Å². The lowest BCUT2D eigenvalue weighted by atomic mass is 10.0. The van der Waals surface area contributed by atoms with Gasteiger partial charge in [-0.1, -0.05) is 28.9 Å². The van der Waals surface area contributed by atoms with Crippen LogP contribution < -0.4 is 5.32 Å². The molecule has 1 atom stereocenters. The number of benzene rings is 1. The van der Waals surface area contributed by atoms with Crippen molar-refractivity contribution in [3.63, 3.8) is 0 Å². The molecule has 1 heterocycles. The molecule has 0 amide bonds. The van der Waals surface area contributed by atoms with Crippen molar-refractivity contribution in [2.75, 3.05) is 6.54 Å². The zero-order valence-corrected chi connectivity index (χ0v) is 15.0. The van der Waals surface area contributed by atoms with Gasteiger partial charge in [0.25, 0.3) is 0 Å². The van der Waals surface area contributed by atoms with E-state index in [1.165, 1.54) is 19.8 Å². The molecule has 2 rings (SSSR count). The maximum Gasteiger partial charge on any atom is 0.0702 e. The molecule has 0 aliphatic carbocycles. The fourth-order valence-corrected chi connectivity index (χ4v) is 4.24. The lowest BCUT2D eigenvalue weighted by molar-refractivity contribution is 0.605. The van der Waals surface area contributed by atoms with E-state index >= 15 is 0 Å². The van der Waals surface area contributed by atoms with Crippen LogP contribution in [0.4, 0.5) is 0 Å². The molecule has 0 fully saturated rings. The highest BCUT2D eigenvalue weighted by Crippen LogP contribution is 2.32. The van der Waals surface area contributed by atoms with Crippen molar-refractivity contribution in [1.82, 2.24) is 5.32 Å². The molecule has 4 heteroatoms. The van der Waals surface area contributed by atoms with Crippen molar-refractivity contribution >= 4 is 43.2 Å². The van der Waals surface area contributed by atoms with E-state index in [2.05, 4.69) is 81.4 Å². The molecule has 1 aromatic heterocycles. The molecule has 1 nitrogen and oxygen atoms in total. The monoisotopic (exact) mass is 401 g/mol. The normalized spacial score (nSPS) is 12.6. The maximum absolute atomic E-state index is 3.64. The van der Waals surface area contributed by atoms with Gasteiger partial charge >= 0.3 is 0 Å². The average Bonchev–Trinajstić information content (AvgIpc) is 2.75. The number of aryl methyl sites for hydroxylation is 1. The van der Waals surface area contributed by atoms with Crippen LogP contribution in [0, 0.1) is 6.92 Å². The van der Waals surface area contributed by atoms with Crippen molar-refractivity contribution in [2.24, 2.45) is 0 Å². The summed E-state index contributed by atoms with van der Waals surface area (Å²) in [5.74, 6) is 0. The first-order valence-corrected chi connectivity index (χ1v) is 8.76. The Morgan fingerprint density at radius 3 is 2.58 bits per heavy atom. The first-order valence-electron chi connectivity index (χ1n) is 6.36. The molecule has 1 aromatic carbocycles. The Morgan fingerprint density at radius 2 is 2.00 bits per heavy atom. The van der Waals surface area contributed by atoms with Gasteiger partial charge in [0.2, 0.25) is 0 Å². The van der Waals surface area contributed by atoms with Gasteiger partial charge in [0.1, 0.15) is 0 Å². The van der Waals surface area contributed by atoms with E-state index in [9.17, 15) is 0 Å². The van der Waals surface area contributed by atoms with Gasteiger partial charge in [0.15, 0.2) is 0 Å². The molecule has 0 spiro atoms. The molecule has 1 unspecified atom stereocenters. The Bertz CT molecular complexity index is 531. The van der Waals surface area contributed by atoms with Crippen molar-refractivity contribution < 1.29 is 0 Å². The minimum absolute atomic E-state index is 0.271. The summed E-state index contributed by atoms with van der Waals surface area (Å²) in [6, 6.07) is 11.2. The molecule has 0 aliphatic heterocycles. The molecule has 19 heavy (non-hydrogen) atoms. The summed E-state index contributed by atoms with van der Waals surface area (Å²) in [4.78, 5) is 1.35. The third kappa shape index (κ3) is 4.15. The molecule has 102 valence electrons. The van der Waals surface area contributed by atoms with Gasteiger partial charge in [-0.05, 0) is 71.2 Å². The Hall–Kier alpha value is -0.160. The van der Waals surface area contributed by atoms with Crippen LogP contribution in [0.25, 0.3) is 0 Å². The lowest BCUT2D eigenvalue weighted by Gasteiger charge is -2.18. The Labute approximate surface area is 135 Å². The maximum atomic E-state index is 3.64. The second kappa shape index (κ2) is 7.02. The van der Waals surface area contributed by atoms with E-state index in [1.54, 1.807) is 11.3 Å². The van der Waals surface area contributed by atoms with Gasteiger partial charge in [-0.25, -0.2) is 0 Å². The quantitative estimate of drug-likeness (QED) is 0.679. The highest BCUT2D eigenvalue weighted by molar-refractivity contribution is 9.11. The standard InChI is InChI=1S/C15H17Br2NS/c1-3-6-18-15(13-4-5-14(17)19-13)11-7-10(2)8-12(16)9-11/h4-5,7-9,15,18H,3,6H2,1-2H3. The molecule has 2 aromatic rings. The topological polar surface area (TPSA) is 12.0 Å². The lowest BCUT2D eigenvalue weighted by Crippen LogP contribution is -2.22. The van der Waals surface area contributed by atoms with Crippen molar-refractivity contribution in [1.29, 1.82) is 0 Å². The van der Waals surface area contributed by atoms with Crippen LogP contribution in [0.1, 0.15) is 35.4 Å². The van der Waals surface area contributed by atoms with Crippen LogP contribution in [0.15, 0.2) is 38.6 Å². The Balaban J connectivity index is 2.36.